The number of para-hydroxylation sites is 2. The quantitative estimate of drug-likeness (QED) is 0.432. The third-order valence-corrected chi connectivity index (χ3v) is 5.05. The van der Waals surface area contributed by atoms with Crippen LogP contribution in [0.25, 0.3) is 22.0 Å². The molecular formula is C24H15F3N2O4. The SMILES string of the molecule is O=C(O)c1cn(C(=O)Nc2ccccc2-c2ccc(C(F)(F)F)cc2)c2ccccc2c1=O. The second-order valence-corrected chi connectivity index (χ2v) is 7.12. The van der Waals surface area contributed by atoms with Crippen LogP contribution in [0.3, 0.4) is 0 Å². The molecule has 33 heavy (non-hydrogen) atoms. The van der Waals surface area contributed by atoms with Crippen molar-refractivity contribution in [3.05, 3.63) is 100 Å². The average Bonchev–Trinajstić information content (AvgIpc) is 2.79. The zero-order valence-corrected chi connectivity index (χ0v) is 16.8. The minimum Gasteiger partial charge on any atom is -0.477 e. The zero-order chi connectivity index (χ0) is 23.8. The Labute approximate surface area is 184 Å². The summed E-state index contributed by atoms with van der Waals surface area (Å²) in [5.74, 6) is -1.47. The summed E-state index contributed by atoms with van der Waals surface area (Å²) >= 11 is 0. The molecule has 4 rings (SSSR count). The number of carboxylic acid groups (broad SMARTS) is 1. The molecule has 1 aromatic heterocycles. The number of hydrogen-bond donors (Lipinski definition) is 2. The number of anilines is 1. The van der Waals surface area contributed by atoms with Crippen LogP contribution in [0.1, 0.15) is 15.9 Å². The van der Waals surface area contributed by atoms with Gasteiger partial charge in [0.1, 0.15) is 5.56 Å². The molecule has 0 bridgehead atoms. The zero-order valence-electron chi connectivity index (χ0n) is 16.8. The van der Waals surface area contributed by atoms with Gasteiger partial charge in [-0.15, -0.1) is 0 Å². The average molecular weight is 452 g/mol. The maximum Gasteiger partial charge on any atom is 0.416 e. The van der Waals surface area contributed by atoms with E-state index in [1.54, 1.807) is 36.4 Å². The predicted molar refractivity (Wildman–Crippen MR) is 116 cm³/mol. The van der Waals surface area contributed by atoms with Gasteiger partial charge >= 0.3 is 18.2 Å². The summed E-state index contributed by atoms with van der Waals surface area (Å²) in [7, 11) is 0. The van der Waals surface area contributed by atoms with E-state index in [4.69, 9.17) is 0 Å². The third-order valence-electron chi connectivity index (χ3n) is 5.05. The smallest absolute Gasteiger partial charge is 0.416 e. The summed E-state index contributed by atoms with van der Waals surface area (Å²) in [6.45, 7) is 0. The summed E-state index contributed by atoms with van der Waals surface area (Å²) in [6, 6.07) is 16.3. The Morgan fingerprint density at radius 2 is 1.52 bits per heavy atom. The molecule has 2 N–H and O–H groups in total. The van der Waals surface area contributed by atoms with E-state index < -0.39 is 34.7 Å². The monoisotopic (exact) mass is 452 g/mol. The molecule has 0 saturated heterocycles. The molecule has 0 spiro atoms. The fourth-order valence-electron chi connectivity index (χ4n) is 3.46. The van der Waals surface area contributed by atoms with Crippen LogP contribution in [0.5, 0.6) is 0 Å². The number of fused-ring (bicyclic) bond motifs is 1. The minimum atomic E-state index is -4.47. The van der Waals surface area contributed by atoms with Crippen LogP contribution in [-0.2, 0) is 6.18 Å². The van der Waals surface area contributed by atoms with E-state index in [9.17, 15) is 32.7 Å². The number of nitrogens with one attached hydrogen (secondary N) is 1. The van der Waals surface area contributed by atoms with Gasteiger partial charge in [0, 0.05) is 17.1 Å². The Morgan fingerprint density at radius 1 is 0.879 bits per heavy atom. The molecule has 6 nitrogen and oxygen atoms in total. The van der Waals surface area contributed by atoms with E-state index in [1.165, 1.54) is 24.3 Å². The lowest BCUT2D eigenvalue weighted by Gasteiger charge is -2.15. The molecule has 0 atom stereocenters. The van der Waals surface area contributed by atoms with E-state index >= 15 is 0 Å². The Morgan fingerprint density at radius 3 is 2.18 bits per heavy atom. The molecule has 0 aliphatic rings. The van der Waals surface area contributed by atoms with Gasteiger partial charge in [-0.3, -0.25) is 9.36 Å². The Balaban J connectivity index is 1.76. The van der Waals surface area contributed by atoms with Gasteiger partial charge in [0.15, 0.2) is 0 Å². The molecule has 4 aromatic rings. The number of aromatic nitrogens is 1. The Bertz CT molecular complexity index is 1440. The number of hydrogen-bond acceptors (Lipinski definition) is 3. The van der Waals surface area contributed by atoms with Gasteiger partial charge in [-0.1, -0.05) is 42.5 Å². The largest absolute Gasteiger partial charge is 0.477 e. The van der Waals surface area contributed by atoms with Crippen molar-refractivity contribution in [3.8, 4) is 11.1 Å². The number of nitrogens with zero attached hydrogens (tertiary/aromatic N) is 1. The van der Waals surface area contributed by atoms with Crippen molar-refractivity contribution in [3.63, 3.8) is 0 Å². The summed E-state index contributed by atoms with van der Waals surface area (Å²) in [6.07, 6.45) is -3.53. The van der Waals surface area contributed by atoms with E-state index in [-0.39, 0.29) is 10.9 Å². The minimum absolute atomic E-state index is 0.0589. The molecule has 1 heterocycles. The van der Waals surface area contributed by atoms with E-state index in [0.717, 1.165) is 22.9 Å². The Hall–Kier alpha value is -4.40. The lowest BCUT2D eigenvalue weighted by molar-refractivity contribution is -0.137. The van der Waals surface area contributed by atoms with Gasteiger partial charge in [-0.25, -0.2) is 9.59 Å². The number of aromatic carboxylic acids is 1. The molecule has 0 aliphatic heterocycles. The summed E-state index contributed by atoms with van der Waals surface area (Å²) < 4.78 is 39.7. The van der Waals surface area contributed by atoms with E-state index in [2.05, 4.69) is 5.32 Å². The topological polar surface area (TPSA) is 88.4 Å². The fraction of sp³-hybridized carbons (Fsp3) is 0.0417. The number of halogens is 3. The van der Waals surface area contributed by atoms with Gasteiger partial charge in [-0.05, 0) is 35.9 Å². The van der Waals surface area contributed by atoms with Gasteiger partial charge in [0.25, 0.3) is 0 Å². The molecule has 9 heteroatoms. The van der Waals surface area contributed by atoms with Crippen LogP contribution < -0.4 is 10.7 Å². The molecule has 0 fully saturated rings. The highest BCUT2D eigenvalue weighted by atomic mass is 19.4. The molecule has 1 amide bonds. The van der Waals surface area contributed by atoms with E-state index in [1.807, 2.05) is 0 Å². The first-order chi connectivity index (χ1) is 15.7. The van der Waals surface area contributed by atoms with Crippen LogP contribution in [-0.4, -0.2) is 21.7 Å². The van der Waals surface area contributed by atoms with Crippen molar-refractivity contribution in [2.75, 3.05) is 5.32 Å². The van der Waals surface area contributed by atoms with E-state index in [0.29, 0.717) is 16.8 Å². The standard InChI is InChI=1S/C24H15F3N2O4/c25-24(26,27)15-11-9-14(10-12-15)16-5-1-3-7-19(16)28-23(33)29-13-18(22(31)32)21(30)17-6-2-4-8-20(17)29/h1-13H,(H,28,33)(H,31,32). The fourth-order valence-corrected chi connectivity index (χ4v) is 3.46. The number of pyridine rings is 1. The molecule has 3 aromatic carbocycles. The number of carbonyl (C=O) groups is 2. The second-order valence-electron chi connectivity index (χ2n) is 7.12. The lowest BCUT2D eigenvalue weighted by Crippen LogP contribution is -2.25. The molecule has 0 saturated carbocycles. The van der Waals surface area contributed by atoms with Crippen molar-refractivity contribution in [2.24, 2.45) is 0 Å². The number of benzene rings is 3. The Kier molecular flexibility index (Phi) is 5.47. The number of rotatable bonds is 3. The first-order valence-electron chi connectivity index (χ1n) is 9.62. The third kappa shape index (κ3) is 4.20. The number of alkyl halides is 3. The summed E-state index contributed by atoms with van der Waals surface area (Å²) in [5.41, 5.74) is -0.682. The highest BCUT2D eigenvalue weighted by Gasteiger charge is 2.30. The number of amides is 1. The van der Waals surface area contributed by atoms with Crippen LogP contribution >= 0.6 is 0 Å². The maximum absolute atomic E-state index is 13.1. The van der Waals surface area contributed by atoms with Crippen LogP contribution in [0, 0.1) is 0 Å². The number of carboxylic acids is 1. The molecular weight excluding hydrogens is 437 g/mol. The first-order valence-corrected chi connectivity index (χ1v) is 9.62. The summed E-state index contributed by atoms with van der Waals surface area (Å²) in [4.78, 5) is 37.0. The van der Waals surface area contributed by atoms with Gasteiger partial charge in [0.05, 0.1) is 16.8 Å². The van der Waals surface area contributed by atoms with Crippen molar-refractivity contribution in [1.29, 1.82) is 0 Å². The van der Waals surface area contributed by atoms with Gasteiger partial charge < -0.3 is 10.4 Å². The van der Waals surface area contributed by atoms with Gasteiger partial charge in [0.2, 0.25) is 5.43 Å². The van der Waals surface area contributed by atoms with Crippen molar-refractivity contribution < 1.29 is 27.9 Å². The van der Waals surface area contributed by atoms with Crippen molar-refractivity contribution in [2.45, 2.75) is 6.18 Å². The molecule has 0 aliphatic carbocycles. The highest BCUT2D eigenvalue weighted by molar-refractivity contribution is 6.02. The highest BCUT2D eigenvalue weighted by Crippen LogP contribution is 2.33. The molecule has 166 valence electrons. The molecule has 0 radical (unpaired) electrons. The van der Waals surface area contributed by atoms with Crippen LogP contribution in [0.2, 0.25) is 0 Å². The van der Waals surface area contributed by atoms with Crippen molar-refractivity contribution in [1.82, 2.24) is 4.57 Å². The van der Waals surface area contributed by atoms with Crippen LogP contribution in [0.4, 0.5) is 23.7 Å². The van der Waals surface area contributed by atoms with Gasteiger partial charge in [-0.2, -0.15) is 13.2 Å². The van der Waals surface area contributed by atoms with Crippen molar-refractivity contribution >= 4 is 28.6 Å². The second kappa shape index (κ2) is 8.27. The number of carbonyl (C=O) groups excluding carboxylic acids is 1. The maximum atomic E-state index is 13.1. The predicted octanol–water partition coefficient (Wildman–Crippen LogP) is 5.47. The normalized spacial score (nSPS) is 11.4. The first kappa shape index (κ1) is 21.8. The molecule has 0 unspecified atom stereocenters. The van der Waals surface area contributed by atoms with Crippen LogP contribution in [0.15, 0.2) is 83.8 Å². The lowest BCUT2D eigenvalue weighted by atomic mass is 10.0. The summed E-state index contributed by atoms with van der Waals surface area (Å²) in [5, 5.41) is 12.1.